The molecule has 0 unspecified atom stereocenters. The molecule has 0 aromatic heterocycles. The quantitative estimate of drug-likeness (QED) is 0.809. The van der Waals surface area contributed by atoms with Crippen molar-refractivity contribution in [3.63, 3.8) is 0 Å². The van der Waals surface area contributed by atoms with Gasteiger partial charge in [0.05, 0.1) is 21.7 Å². The molecule has 0 heterocycles. The van der Waals surface area contributed by atoms with Crippen molar-refractivity contribution in [3.8, 4) is 0 Å². The van der Waals surface area contributed by atoms with Gasteiger partial charge in [-0.1, -0.05) is 18.2 Å². The van der Waals surface area contributed by atoms with Crippen LogP contribution in [-0.4, -0.2) is 8.42 Å². The van der Waals surface area contributed by atoms with Gasteiger partial charge in [-0.05, 0) is 30.3 Å². The standard InChI is InChI=1S/C14H9F6NO2S/c15-13(16,17)9-4-3-5-10(8-9)24(22,23)21-12-7-2-1-6-11(12)14(18,19)20/h1-8,21H. The summed E-state index contributed by atoms with van der Waals surface area (Å²) in [6.07, 6.45) is -9.61. The average molecular weight is 369 g/mol. The third-order valence-corrected chi connectivity index (χ3v) is 4.31. The fourth-order valence-corrected chi connectivity index (χ4v) is 2.99. The normalized spacial score (nSPS) is 12.9. The highest BCUT2D eigenvalue weighted by Gasteiger charge is 2.35. The van der Waals surface area contributed by atoms with Gasteiger partial charge >= 0.3 is 12.4 Å². The SMILES string of the molecule is O=S(=O)(Nc1ccccc1C(F)(F)F)c1cccc(C(F)(F)F)c1. The number of benzene rings is 2. The van der Waals surface area contributed by atoms with Crippen molar-refractivity contribution in [2.24, 2.45) is 0 Å². The molecule has 24 heavy (non-hydrogen) atoms. The van der Waals surface area contributed by atoms with Gasteiger partial charge in [-0.25, -0.2) is 8.42 Å². The van der Waals surface area contributed by atoms with Crippen molar-refractivity contribution in [3.05, 3.63) is 59.7 Å². The Bertz CT molecular complexity index is 843. The summed E-state index contributed by atoms with van der Waals surface area (Å²) < 4.78 is 102. The zero-order valence-electron chi connectivity index (χ0n) is 11.6. The third-order valence-electron chi connectivity index (χ3n) is 2.95. The molecule has 0 fully saturated rings. The van der Waals surface area contributed by atoms with Gasteiger partial charge in [0, 0.05) is 0 Å². The fourth-order valence-electron chi connectivity index (χ4n) is 1.86. The molecule has 0 bridgehead atoms. The molecule has 0 radical (unpaired) electrons. The van der Waals surface area contributed by atoms with E-state index in [9.17, 15) is 34.8 Å². The van der Waals surface area contributed by atoms with Crippen molar-refractivity contribution in [1.82, 2.24) is 0 Å². The van der Waals surface area contributed by atoms with Crippen molar-refractivity contribution < 1.29 is 34.8 Å². The number of hydrogen-bond donors (Lipinski definition) is 1. The molecular weight excluding hydrogens is 360 g/mol. The Kier molecular flexibility index (Phi) is 4.53. The number of anilines is 1. The van der Waals surface area contributed by atoms with Gasteiger partial charge in [0.2, 0.25) is 0 Å². The van der Waals surface area contributed by atoms with E-state index in [2.05, 4.69) is 0 Å². The number of rotatable bonds is 3. The Morgan fingerprint density at radius 3 is 2.00 bits per heavy atom. The highest BCUT2D eigenvalue weighted by molar-refractivity contribution is 7.92. The monoisotopic (exact) mass is 369 g/mol. The first-order valence-corrected chi connectivity index (χ1v) is 7.76. The summed E-state index contributed by atoms with van der Waals surface area (Å²) in [7, 11) is -4.63. The summed E-state index contributed by atoms with van der Waals surface area (Å²) in [6.45, 7) is 0. The van der Waals surface area contributed by atoms with Crippen LogP contribution in [0.2, 0.25) is 0 Å². The maximum Gasteiger partial charge on any atom is 0.418 e. The number of sulfonamides is 1. The predicted octanol–water partition coefficient (Wildman–Crippen LogP) is 4.53. The lowest BCUT2D eigenvalue weighted by molar-refractivity contribution is -0.138. The molecule has 2 aromatic rings. The van der Waals surface area contributed by atoms with Crippen LogP contribution in [0, 0.1) is 0 Å². The number of hydrogen-bond acceptors (Lipinski definition) is 2. The topological polar surface area (TPSA) is 46.2 Å². The zero-order chi connectivity index (χ0) is 18.2. The lowest BCUT2D eigenvalue weighted by Gasteiger charge is -2.15. The first kappa shape index (κ1) is 18.1. The molecule has 0 aliphatic rings. The van der Waals surface area contributed by atoms with Crippen LogP contribution in [0.1, 0.15) is 11.1 Å². The Balaban J connectivity index is 2.44. The van der Waals surface area contributed by atoms with E-state index in [1.807, 2.05) is 0 Å². The van der Waals surface area contributed by atoms with E-state index in [-0.39, 0.29) is 0 Å². The fraction of sp³-hybridized carbons (Fsp3) is 0.143. The number of alkyl halides is 6. The molecule has 0 amide bonds. The number of para-hydroxylation sites is 1. The van der Waals surface area contributed by atoms with Crippen LogP contribution >= 0.6 is 0 Å². The molecule has 130 valence electrons. The predicted molar refractivity (Wildman–Crippen MR) is 73.7 cm³/mol. The molecule has 0 spiro atoms. The van der Waals surface area contributed by atoms with Crippen molar-refractivity contribution in [2.45, 2.75) is 17.2 Å². The summed E-state index contributed by atoms with van der Waals surface area (Å²) in [5, 5.41) is 0. The average Bonchev–Trinajstić information content (AvgIpc) is 2.45. The maximum atomic E-state index is 12.9. The third kappa shape index (κ3) is 3.99. The van der Waals surface area contributed by atoms with Crippen LogP contribution < -0.4 is 4.72 Å². The first-order valence-electron chi connectivity index (χ1n) is 6.27. The highest BCUT2D eigenvalue weighted by Crippen LogP contribution is 2.36. The molecule has 0 aliphatic heterocycles. The summed E-state index contributed by atoms with van der Waals surface area (Å²) >= 11 is 0. The van der Waals surface area contributed by atoms with Gasteiger partial charge in [0.25, 0.3) is 10.0 Å². The van der Waals surface area contributed by atoms with Crippen LogP contribution in [0.5, 0.6) is 0 Å². The minimum atomic E-state index is -4.83. The van der Waals surface area contributed by atoms with E-state index < -0.39 is 44.1 Å². The molecule has 10 heteroatoms. The molecule has 0 aliphatic carbocycles. The van der Waals surface area contributed by atoms with Gasteiger partial charge in [0.1, 0.15) is 0 Å². The number of halogens is 6. The molecule has 3 nitrogen and oxygen atoms in total. The zero-order valence-corrected chi connectivity index (χ0v) is 12.4. The van der Waals surface area contributed by atoms with Gasteiger partial charge in [0.15, 0.2) is 0 Å². The summed E-state index contributed by atoms with van der Waals surface area (Å²) in [5.74, 6) is 0. The molecular formula is C14H9F6NO2S. The van der Waals surface area contributed by atoms with E-state index >= 15 is 0 Å². The molecule has 0 saturated carbocycles. The Hall–Kier alpha value is -2.23. The Morgan fingerprint density at radius 1 is 0.792 bits per heavy atom. The van der Waals surface area contributed by atoms with Crippen molar-refractivity contribution >= 4 is 15.7 Å². The van der Waals surface area contributed by atoms with Crippen LogP contribution in [0.3, 0.4) is 0 Å². The second-order valence-corrected chi connectivity index (χ2v) is 6.36. The lowest BCUT2D eigenvalue weighted by Crippen LogP contribution is -2.18. The smallest absolute Gasteiger partial charge is 0.279 e. The highest BCUT2D eigenvalue weighted by atomic mass is 32.2. The van der Waals surface area contributed by atoms with Crippen LogP contribution in [-0.2, 0) is 22.4 Å². The Morgan fingerprint density at radius 2 is 1.42 bits per heavy atom. The minimum absolute atomic E-state index is 0.346. The molecule has 0 atom stereocenters. The number of nitrogens with one attached hydrogen (secondary N) is 1. The first-order chi connectivity index (χ1) is 10.9. The van der Waals surface area contributed by atoms with Crippen LogP contribution in [0.15, 0.2) is 53.4 Å². The van der Waals surface area contributed by atoms with E-state index in [4.69, 9.17) is 0 Å². The van der Waals surface area contributed by atoms with Gasteiger partial charge in [-0.2, -0.15) is 26.3 Å². The van der Waals surface area contributed by atoms with E-state index in [0.717, 1.165) is 24.3 Å². The lowest BCUT2D eigenvalue weighted by atomic mass is 10.2. The summed E-state index contributed by atoms with van der Waals surface area (Å²) in [6, 6.07) is 6.46. The van der Waals surface area contributed by atoms with Crippen molar-refractivity contribution in [1.29, 1.82) is 0 Å². The largest absolute Gasteiger partial charge is 0.418 e. The summed E-state index contributed by atoms with van der Waals surface area (Å²) in [5.41, 5.74) is -3.25. The van der Waals surface area contributed by atoms with E-state index in [0.29, 0.717) is 18.2 Å². The maximum absolute atomic E-state index is 12.9. The van der Waals surface area contributed by atoms with Gasteiger partial charge in [-0.15, -0.1) is 0 Å². The molecule has 2 rings (SSSR count). The second-order valence-electron chi connectivity index (χ2n) is 4.67. The van der Waals surface area contributed by atoms with Gasteiger partial charge < -0.3 is 0 Å². The van der Waals surface area contributed by atoms with E-state index in [1.165, 1.54) is 6.07 Å². The summed E-state index contributed by atoms with van der Waals surface area (Å²) in [4.78, 5) is -0.797. The second kappa shape index (κ2) is 6.00. The van der Waals surface area contributed by atoms with Crippen molar-refractivity contribution in [2.75, 3.05) is 4.72 Å². The molecule has 1 N–H and O–H groups in total. The Labute approximate surface area is 133 Å². The van der Waals surface area contributed by atoms with E-state index in [1.54, 1.807) is 4.72 Å². The molecule has 0 saturated heterocycles. The van der Waals surface area contributed by atoms with Crippen LogP contribution in [0.4, 0.5) is 32.0 Å². The molecule has 2 aromatic carbocycles. The van der Waals surface area contributed by atoms with Crippen LogP contribution in [0.25, 0.3) is 0 Å². The minimum Gasteiger partial charge on any atom is -0.279 e. The van der Waals surface area contributed by atoms with Gasteiger partial charge in [-0.3, -0.25) is 4.72 Å².